The summed E-state index contributed by atoms with van der Waals surface area (Å²) >= 11 is 0. The SMILES string of the molecule is CC(=O)[C@@H]1CC2(OCCO2)c2ccccc2C12OCCO2. The molecular formula is C16H18O5. The monoisotopic (exact) mass is 290 g/mol. The lowest BCUT2D eigenvalue weighted by atomic mass is 9.73. The van der Waals surface area contributed by atoms with Gasteiger partial charge >= 0.3 is 0 Å². The van der Waals surface area contributed by atoms with E-state index in [0.29, 0.717) is 32.8 Å². The average Bonchev–Trinajstić information content (AvgIpc) is 3.14. The highest BCUT2D eigenvalue weighted by atomic mass is 16.8. The van der Waals surface area contributed by atoms with Crippen LogP contribution >= 0.6 is 0 Å². The maximum Gasteiger partial charge on any atom is 0.205 e. The van der Waals surface area contributed by atoms with E-state index >= 15 is 0 Å². The highest BCUT2D eigenvalue weighted by molar-refractivity contribution is 5.80. The average molecular weight is 290 g/mol. The molecule has 2 heterocycles. The van der Waals surface area contributed by atoms with Crippen LogP contribution in [0.15, 0.2) is 24.3 Å². The van der Waals surface area contributed by atoms with Gasteiger partial charge < -0.3 is 18.9 Å². The minimum atomic E-state index is -0.983. The van der Waals surface area contributed by atoms with Gasteiger partial charge in [-0.25, -0.2) is 0 Å². The molecule has 1 aromatic carbocycles. The molecule has 21 heavy (non-hydrogen) atoms. The van der Waals surface area contributed by atoms with Gasteiger partial charge in [-0.2, -0.15) is 0 Å². The molecule has 2 aliphatic heterocycles. The molecule has 0 N–H and O–H groups in total. The van der Waals surface area contributed by atoms with Crippen LogP contribution < -0.4 is 0 Å². The summed E-state index contributed by atoms with van der Waals surface area (Å²) in [7, 11) is 0. The van der Waals surface area contributed by atoms with Crippen LogP contribution in [0.1, 0.15) is 24.5 Å². The molecule has 0 radical (unpaired) electrons. The summed E-state index contributed by atoms with van der Waals surface area (Å²) in [5, 5.41) is 0. The topological polar surface area (TPSA) is 54.0 Å². The fourth-order valence-electron chi connectivity index (χ4n) is 3.74. The Morgan fingerprint density at radius 3 is 2.19 bits per heavy atom. The quantitative estimate of drug-likeness (QED) is 0.788. The van der Waals surface area contributed by atoms with Gasteiger partial charge in [-0.3, -0.25) is 4.79 Å². The molecule has 0 saturated carbocycles. The molecule has 3 aliphatic rings. The summed E-state index contributed by atoms with van der Waals surface area (Å²) in [5.41, 5.74) is 1.78. The van der Waals surface area contributed by atoms with Crippen LogP contribution in [0.4, 0.5) is 0 Å². The molecule has 2 spiro atoms. The lowest BCUT2D eigenvalue weighted by Crippen LogP contribution is -2.51. The smallest absolute Gasteiger partial charge is 0.205 e. The first-order valence-electron chi connectivity index (χ1n) is 7.34. The van der Waals surface area contributed by atoms with Gasteiger partial charge in [-0.05, 0) is 6.92 Å². The second-order valence-electron chi connectivity index (χ2n) is 5.73. The fourth-order valence-corrected chi connectivity index (χ4v) is 3.74. The zero-order chi connectivity index (χ0) is 14.5. The Bertz CT molecular complexity index is 570. The third-order valence-electron chi connectivity index (χ3n) is 4.61. The van der Waals surface area contributed by atoms with E-state index in [0.717, 1.165) is 11.1 Å². The van der Waals surface area contributed by atoms with Gasteiger partial charge in [-0.15, -0.1) is 0 Å². The van der Waals surface area contributed by atoms with Gasteiger partial charge in [0.2, 0.25) is 5.79 Å². The summed E-state index contributed by atoms with van der Waals surface area (Å²) < 4.78 is 23.7. The Morgan fingerprint density at radius 1 is 1.00 bits per heavy atom. The minimum Gasteiger partial charge on any atom is -0.343 e. The first-order valence-corrected chi connectivity index (χ1v) is 7.34. The molecule has 4 rings (SSSR count). The summed E-state index contributed by atoms with van der Waals surface area (Å²) in [5.74, 6) is -2.21. The van der Waals surface area contributed by atoms with Gasteiger partial charge in [0.15, 0.2) is 5.79 Å². The Kier molecular flexibility index (Phi) is 2.94. The first kappa shape index (κ1) is 13.4. The molecule has 2 saturated heterocycles. The molecule has 0 unspecified atom stereocenters. The summed E-state index contributed by atoms with van der Waals surface area (Å²) in [6.07, 6.45) is 0.430. The largest absolute Gasteiger partial charge is 0.343 e. The van der Waals surface area contributed by atoms with E-state index in [9.17, 15) is 4.79 Å². The van der Waals surface area contributed by atoms with E-state index in [2.05, 4.69) is 0 Å². The van der Waals surface area contributed by atoms with Crippen LogP contribution in [-0.4, -0.2) is 32.2 Å². The predicted molar refractivity (Wildman–Crippen MR) is 72.4 cm³/mol. The molecule has 2 fully saturated rings. The molecule has 112 valence electrons. The molecule has 0 bridgehead atoms. The van der Waals surface area contributed by atoms with Crippen molar-refractivity contribution in [1.82, 2.24) is 0 Å². The van der Waals surface area contributed by atoms with Crippen LogP contribution in [0.2, 0.25) is 0 Å². The number of fused-ring (bicyclic) bond motifs is 3. The fraction of sp³-hybridized carbons (Fsp3) is 0.562. The first-order chi connectivity index (χ1) is 10.2. The van der Waals surface area contributed by atoms with Crippen molar-refractivity contribution in [3.63, 3.8) is 0 Å². The molecule has 1 aliphatic carbocycles. The van der Waals surface area contributed by atoms with Crippen molar-refractivity contribution in [2.24, 2.45) is 5.92 Å². The van der Waals surface area contributed by atoms with Crippen LogP contribution in [0, 0.1) is 5.92 Å². The van der Waals surface area contributed by atoms with Crippen molar-refractivity contribution in [2.75, 3.05) is 26.4 Å². The molecule has 5 nitrogen and oxygen atoms in total. The second kappa shape index (κ2) is 4.61. The number of Topliss-reactive ketones (excluding diaryl/α,β-unsaturated/α-hetero) is 1. The standard InChI is InChI=1S/C16H18O5/c1-11(17)14-10-15(18-6-7-19-15)12-4-2-3-5-13(12)16(14)20-8-9-21-16/h2-5,14H,6-10H2,1H3/t14-/m0/s1. The zero-order valence-corrected chi connectivity index (χ0v) is 12.0. The number of carbonyl (C=O) groups is 1. The van der Waals surface area contributed by atoms with Crippen LogP contribution in [0.3, 0.4) is 0 Å². The van der Waals surface area contributed by atoms with Crippen LogP contribution in [-0.2, 0) is 35.3 Å². The maximum atomic E-state index is 12.2. The van der Waals surface area contributed by atoms with E-state index in [-0.39, 0.29) is 5.78 Å². The number of ketones is 1. The van der Waals surface area contributed by atoms with Crippen LogP contribution in [0.5, 0.6) is 0 Å². The predicted octanol–water partition coefficient (Wildman–Crippen LogP) is 1.69. The van der Waals surface area contributed by atoms with E-state index in [1.165, 1.54) is 0 Å². The summed E-state index contributed by atoms with van der Waals surface area (Å²) in [6.45, 7) is 3.63. The second-order valence-corrected chi connectivity index (χ2v) is 5.73. The highest BCUT2D eigenvalue weighted by Crippen LogP contribution is 2.54. The normalized spacial score (nSPS) is 28.9. The van der Waals surface area contributed by atoms with E-state index in [1.54, 1.807) is 6.92 Å². The van der Waals surface area contributed by atoms with Crippen molar-refractivity contribution < 1.29 is 23.7 Å². The molecular weight excluding hydrogens is 272 g/mol. The van der Waals surface area contributed by atoms with Crippen molar-refractivity contribution in [3.8, 4) is 0 Å². The number of ether oxygens (including phenoxy) is 4. The Hall–Kier alpha value is -1.27. The van der Waals surface area contributed by atoms with Crippen molar-refractivity contribution >= 4 is 5.78 Å². The van der Waals surface area contributed by atoms with Gasteiger partial charge in [0.05, 0.1) is 32.3 Å². The summed E-state index contributed by atoms with van der Waals surface area (Å²) in [6, 6.07) is 7.80. The van der Waals surface area contributed by atoms with Gasteiger partial charge in [0.1, 0.15) is 5.78 Å². The van der Waals surface area contributed by atoms with Crippen molar-refractivity contribution in [3.05, 3.63) is 35.4 Å². The van der Waals surface area contributed by atoms with Crippen molar-refractivity contribution in [2.45, 2.75) is 24.9 Å². The van der Waals surface area contributed by atoms with Gasteiger partial charge in [0, 0.05) is 17.5 Å². The zero-order valence-electron chi connectivity index (χ0n) is 12.0. The minimum absolute atomic E-state index is 0.0323. The van der Waals surface area contributed by atoms with Crippen molar-refractivity contribution in [1.29, 1.82) is 0 Å². The molecule has 0 amide bonds. The molecule has 1 atom stereocenters. The Morgan fingerprint density at radius 2 is 1.57 bits per heavy atom. The van der Waals surface area contributed by atoms with E-state index < -0.39 is 17.5 Å². The number of rotatable bonds is 1. The third-order valence-corrected chi connectivity index (χ3v) is 4.61. The molecule has 1 aromatic rings. The lowest BCUT2D eigenvalue weighted by Gasteiger charge is -2.46. The van der Waals surface area contributed by atoms with Crippen LogP contribution in [0.25, 0.3) is 0 Å². The lowest BCUT2D eigenvalue weighted by molar-refractivity contribution is -0.259. The van der Waals surface area contributed by atoms with Gasteiger partial charge in [0.25, 0.3) is 0 Å². The van der Waals surface area contributed by atoms with E-state index in [1.807, 2.05) is 24.3 Å². The number of carbonyl (C=O) groups excluding carboxylic acids is 1. The summed E-state index contributed by atoms with van der Waals surface area (Å²) in [4.78, 5) is 12.2. The molecule has 5 heteroatoms. The van der Waals surface area contributed by atoms with E-state index in [4.69, 9.17) is 18.9 Å². The van der Waals surface area contributed by atoms with Gasteiger partial charge in [-0.1, -0.05) is 24.3 Å². The Labute approximate surface area is 123 Å². The maximum absolute atomic E-state index is 12.2. The third kappa shape index (κ3) is 1.75. The molecule has 0 aromatic heterocycles. The number of hydrogen-bond donors (Lipinski definition) is 0. The highest BCUT2D eigenvalue weighted by Gasteiger charge is 2.60. The number of hydrogen-bond acceptors (Lipinski definition) is 5. The number of benzene rings is 1. The Balaban J connectivity index is 1.93.